The van der Waals surface area contributed by atoms with Gasteiger partial charge in [0.2, 0.25) is 5.88 Å². The number of methoxy groups -OCH3 is 2. The van der Waals surface area contributed by atoms with Crippen LogP contribution in [0.1, 0.15) is 38.8 Å². The molecule has 1 aromatic rings. The molecule has 0 spiro atoms. The average Bonchev–Trinajstić information content (AvgIpc) is 2.55. The van der Waals surface area contributed by atoms with E-state index in [-0.39, 0.29) is 5.91 Å². The van der Waals surface area contributed by atoms with E-state index in [1.165, 1.54) is 0 Å². The van der Waals surface area contributed by atoms with Gasteiger partial charge in [0.05, 0.1) is 18.0 Å². The monoisotopic (exact) mass is 324 g/mol. The molecule has 0 aliphatic carbocycles. The molecule has 1 rings (SSSR count). The van der Waals surface area contributed by atoms with Crippen molar-refractivity contribution < 1.29 is 19.0 Å². The first-order valence-corrected chi connectivity index (χ1v) is 7.92. The molecule has 0 radical (unpaired) electrons. The van der Waals surface area contributed by atoms with E-state index in [2.05, 4.69) is 17.2 Å². The molecule has 1 heterocycles. The molecule has 130 valence electrons. The predicted octanol–water partition coefficient (Wildman–Crippen LogP) is 2.95. The summed E-state index contributed by atoms with van der Waals surface area (Å²) in [5.41, 5.74) is 0.520. The Bertz CT molecular complexity index is 507. The van der Waals surface area contributed by atoms with Crippen LogP contribution in [-0.4, -0.2) is 43.9 Å². The Morgan fingerprint density at radius 3 is 2.61 bits per heavy atom. The first-order chi connectivity index (χ1) is 11.0. The largest absolute Gasteiger partial charge is 0.475 e. The summed E-state index contributed by atoms with van der Waals surface area (Å²) in [5.74, 6) is 0.351. The number of carbonyl (C=O) groups is 1. The Balaban J connectivity index is 2.74. The Hall–Kier alpha value is -1.66. The van der Waals surface area contributed by atoms with Gasteiger partial charge in [0.25, 0.3) is 5.91 Å². The second-order valence-electron chi connectivity index (χ2n) is 5.62. The SMILES string of the molecule is CCCC[C@](C)(OC)C(=O)Nc1ccc(OCCOC)nc1C. The molecule has 0 saturated carbocycles. The number of hydrogen-bond acceptors (Lipinski definition) is 5. The summed E-state index contributed by atoms with van der Waals surface area (Å²) in [6, 6.07) is 3.52. The summed E-state index contributed by atoms with van der Waals surface area (Å²) < 4.78 is 15.8. The van der Waals surface area contributed by atoms with Gasteiger partial charge in [-0.2, -0.15) is 0 Å². The number of amides is 1. The lowest BCUT2D eigenvalue weighted by molar-refractivity contribution is -0.136. The summed E-state index contributed by atoms with van der Waals surface area (Å²) in [5, 5.41) is 2.90. The van der Waals surface area contributed by atoms with Crippen molar-refractivity contribution in [1.29, 1.82) is 0 Å². The van der Waals surface area contributed by atoms with Crippen molar-refractivity contribution in [3.63, 3.8) is 0 Å². The molecule has 23 heavy (non-hydrogen) atoms. The van der Waals surface area contributed by atoms with Gasteiger partial charge in [-0.3, -0.25) is 4.79 Å². The molecule has 0 bridgehead atoms. The number of rotatable bonds is 10. The predicted molar refractivity (Wildman–Crippen MR) is 89.9 cm³/mol. The quantitative estimate of drug-likeness (QED) is 0.670. The fourth-order valence-electron chi connectivity index (χ4n) is 2.06. The van der Waals surface area contributed by atoms with Crippen molar-refractivity contribution in [2.45, 2.75) is 45.6 Å². The van der Waals surface area contributed by atoms with E-state index in [9.17, 15) is 4.79 Å². The first kappa shape index (κ1) is 19.4. The maximum absolute atomic E-state index is 12.5. The standard InChI is InChI=1S/C17H28N2O4/c1-6-7-10-17(3,22-5)16(20)19-14-8-9-15(18-13(14)2)23-12-11-21-4/h8-9H,6-7,10-12H2,1-5H3,(H,19,20)/t17-/m0/s1. The van der Waals surface area contributed by atoms with Gasteiger partial charge in [-0.1, -0.05) is 19.8 Å². The fourth-order valence-corrected chi connectivity index (χ4v) is 2.06. The molecular formula is C17H28N2O4. The molecule has 1 aromatic heterocycles. The van der Waals surface area contributed by atoms with E-state index in [0.717, 1.165) is 12.8 Å². The van der Waals surface area contributed by atoms with Crippen LogP contribution in [0.2, 0.25) is 0 Å². The third-order valence-electron chi connectivity index (χ3n) is 3.78. The second kappa shape index (κ2) is 9.47. The van der Waals surface area contributed by atoms with Crippen LogP contribution in [0.3, 0.4) is 0 Å². The van der Waals surface area contributed by atoms with Gasteiger partial charge in [-0.15, -0.1) is 0 Å². The molecule has 6 nitrogen and oxygen atoms in total. The molecule has 0 aromatic carbocycles. The number of hydrogen-bond donors (Lipinski definition) is 1. The number of anilines is 1. The summed E-state index contributed by atoms with van der Waals surface area (Å²) in [4.78, 5) is 16.8. The summed E-state index contributed by atoms with van der Waals surface area (Å²) >= 11 is 0. The Morgan fingerprint density at radius 1 is 1.30 bits per heavy atom. The Labute approximate surface area is 138 Å². The van der Waals surface area contributed by atoms with E-state index >= 15 is 0 Å². The zero-order chi connectivity index (χ0) is 17.3. The second-order valence-corrected chi connectivity index (χ2v) is 5.62. The van der Waals surface area contributed by atoms with Crippen molar-refractivity contribution in [3.05, 3.63) is 17.8 Å². The smallest absolute Gasteiger partial charge is 0.256 e. The van der Waals surface area contributed by atoms with Crippen LogP contribution < -0.4 is 10.1 Å². The zero-order valence-electron chi connectivity index (χ0n) is 14.8. The Kier molecular flexibility index (Phi) is 7.98. The third kappa shape index (κ3) is 5.80. The lowest BCUT2D eigenvalue weighted by Gasteiger charge is -2.27. The highest BCUT2D eigenvalue weighted by Crippen LogP contribution is 2.23. The third-order valence-corrected chi connectivity index (χ3v) is 3.78. The van der Waals surface area contributed by atoms with E-state index in [1.54, 1.807) is 26.4 Å². The van der Waals surface area contributed by atoms with Crippen molar-refractivity contribution >= 4 is 11.6 Å². The molecule has 1 atom stereocenters. The number of carbonyl (C=O) groups excluding carboxylic acids is 1. The van der Waals surface area contributed by atoms with E-state index in [4.69, 9.17) is 14.2 Å². The molecule has 0 fully saturated rings. The van der Waals surface area contributed by atoms with Crippen molar-refractivity contribution in [2.24, 2.45) is 0 Å². The van der Waals surface area contributed by atoms with Gasteiger partial charge in [0.1, 0.15) is 12.2 Å². The van der Waals surface area contributed by atoms with E-state index < -0.39 is 5.60 Å². The summed E-state index contributed by atoms with van der Waals surface area (Å²) in [6.07, 6.45) is 2.62. The lowest BCUT2D eigenvalue weighted by atomic mass is 9.97. The van der Waals surface area contributed by atoms with E-state index in [1.807, 2.05) is 13.8 Å². The van der Waals surface area contributed by atoms with Crippen LogP contribution in [0, 0.1) is 6.92 Å². The number of unbranched alkanes of at least 4 members (excludes halogenated alkanes) is 1. The number of pyridine rings is 1. The van der Waals surface area contributed by atoms with Gasteiger partial charge in [0, 0.05) is 20.3 Å². The molecule has 0 saturated heterocycles. The number of aromatic nitrogens is 1. The minimum absolute atomic E-state index is 0.161. The molecule has 6 heteroatoms. The van der Waals surface area contributed by atoms with Crippen LogP contribution in [0.4, 0.5) is 5.69 Å². The van der Waals surface area contributed by atoms with Gasteiger partial charge in [-0.05, 0) is 26.3 Å². The lowest BCUT2D eigenvalue weighted by Crippen LogP contribution is -2.42. The van der Waals surface area contributed by atoms with Gasteiger partial charge < -0.3 is 19.5 Å². The molecule has 0 aliphatic rings. The zero-order valence-corrected chi connectivity index (χ0v) is 14.8. The van der Waals surface area contributed by atoms with Gasteiger partial charge in [0.15, 0.2) is 0 Å². The van der Waals surface area contributed by atoms with Crippen molar-refractivity contribution in [1.82, 2.24) is 4.98 Å². The summed E-state index contributed by atoms with van der Waals surface area (Å²) in [7, 11) is 3.18. The first-order valence-electron chi connectivity index (χ1n) is 7.92. The topological polar surface area (TPSA) is 69.7 Å². The van der Waals surface area contributed by atoms with Gasteiger partial charge in [-0.25, -0.2) is 4.98 Å². The number of nitrogens with zero attached hydrogens (tertiary/aromatic N) is 1. The normalized spacial score (nSPS) is 13.4. The molecule has 0 aliphatic heterocycles. The Morgan fingerprint density at radius 2 is 2.04 bits per heavy atom. The van der Waals surface area contributed by atoms with Crippen LogP contribution in [0.5, 0.6) is 5.88 Å². The van der Waals surface area contributed by atoms with Crippen molar-refractivity contribution in [2.75, 3.05) is 32.8 Å². The molecule has 0 unspecified atom stereocenters. The average molecular weight is 324 g/mol. The number of ether oxygens (including phenoxy) is 3. The van der Waals surface area contributed by atoms with Crippen LogP contribution in [0.15, 0.2) is 12.1 Å². The minimum Gasteiger partial charge on any atom is -0.475 e. The molecule has 1 N–H and O–H groups in total. The highest BCUT2D eigenvalue weighted by molar-refractivity contribution is 5.97. The van der Waals surface area contributed by atoms with Crippen LogP contribution in [-0.2, 0) is 14.3 Å². The van der Waals surface area contributed by atoms with Crippen molar-refractivity contribution in [3.8, 4) is 5.88 Å². The number of aryl methyl sites for hydroxylation is 1. The minimum atomic E-state index is -0.837. The number of nitrogens with one attached hydrogen (secondary N) is 1. The highest BCUT2D eigenvalue weighted by Gasteiger charge is 2.32. The van der Waals surface area contributed by atoms with E-state index in [0.29, 0.717) is 36.9 Å². The van der Waals surface area contributed by atoms with Crippen LogP contribution >= 0.6 is 0 Å². The highest BCUT2D eigenvalue weighted by atomic mass is 16.5. The molecule has 1 amide bonds. The maximum atomic E-state index is 12.5. The summed E-state index contributed by atoms with van der Waals surface area (Å²) in [6.45, 7) is 6.67. The fraction of sp³-hybridized carbons (Fsp3) is 0.647. The van der Waals surface area contributed by atoms with Gasteiger partial charge >= 0.3 is 0 Å². The van der Waals surface area contributed by atoms with Crippen LogP contribution in [0.25, 0.3) is 0 Å². The maximum Gasteiger partial charge on any atom is 0.256 e. The molecular weight excluding hydrogens is 296 g/mol.